The number of hydrogen-bond donors (Lipinski definition) is 0. The van der Waals surface area contributed by atoms with Crippen molar-refractivity contribution in [3.63, 3.8) is 0 Å². The van der Waals surface area contributed by atoms with E-state index in [1.807, 2.05) is 37.8 Å². The third-order valence-corrected chi connectivity index (χ3v) is 5.48. The van der Waals surface area contributed by atoms with Crippen LogP contribution >= 0.6 is 15.9 Å². The number of likely N-dealkylation sites (tertiary alicyclic amines) is 1. The van der Waals surface area contributed by atoms with E-state index < -0.39 is 5.60 Å². The van der Waals surface area contributed by atoms with Crippen molar-refractivity contribution < 1.29 is 14.3 Å². The van der Waals surface area contributed by atoms with E-state index in [9.17, 15) is 9.59 Å². The van der Waals surface area contributed by atoms with Crippen LogP contribution in [0.4, 0.5) is 4.79 Å². The Morgan fingerprint density at radius 3 is 2.40 bits per heavy atom. The summed E-state index contributed by atoms with van der Waals surface area (Å²) in [6.07, 6.45) is 1.12. The fourth-order valence-corrected chi connectivity index (χ4v) is 3.96. The first-order valence-electron chi connectivity index (χ1n) is 8.77. The normalized spacial score (nSPS) is 18.2. The molecule has 0 atom stereocenters. The van der Waals surface area contributed by atoms with E-state index >= 15 is 0 Å². The second kappa shape index (κ2) is 6.98. The van der Waals surface area contributed by atoms with E-state index in [4.69, 9.17) is 4.74 Å². The molecule has 2 aliphatic heterocycles. The molecule has 1 fully saturated rings. The minimum Gasteiger partial charge on any atom is -0.444 e. The maximum Gasteiger partial charge on any atom is 0.410 e. The predicted molar refractivity (Wildman–Crippen MR) is 98.9 cm³/mol. The molecule has 0 spiro atoms. The molecule has 5 nitrogen and oxygen atoms in total. The average Bonchev–Trinajstić information content (AvgIpc) is 2.98. The van der Waals surface area contributed by atoms with Crippen LogP contribution in [0.15, 0.2) is 22.7 Å². The van der Waals surface area contributed by atoms with Gasteiger partial charge in [-0.25, -0.2) is 4.79 Å². The van der Waals surface area contributed by atoms with E-state index in [1.54, 1.807) is 4.90 Å². The zero-order valence-corrected chi connectivity index (χ0v) is 16.6. The summed E-state index contributed by atoms with van der Waals surface area (Å²) in [6, 6.07) is 6.11. The van der Waals surface area contributed by atoms with E-state index in [1.165, 1.54) is 11.1 Å². The van der Waals surface area contributed by atoms with Gasteiger partial charge in [0.25, 0.3) is 0 Å². The fourth-order valence-electron chi connectivity index (χ4n) is 3.43. The van der Waals surface area contributed by atoms with Crippen LogP contribution in [0.25, 0.3) is 0 Å². The molecule has 3 rings (SSSR count). The first-order chi connectivity index (χ1) is 11.7. The highest BCUT2D eigenvalue weighted by Gasteiger charge is 2.34. The molecule has 2 aliphatic rings. The number of carbonyl (C=O) groups excluding carboxylic acids is 2. The van der Waals surface area contributed by atoms with Gasteiger partial charge in [-0.2, -0.15) is 0 Å². The van der Waals surface area contributed by atoms with Gasteiger partial charge in [0.2, 0.25) is 5.91 Å². The molecule has 0 aliphatic carbocycles. The lowest BCUT2D eigenvalue weighted by Gasteiger charge is -2.34. The smallest absolute Gasteiger partial charge is 0.410 e. The number of fused-ring (bicyclic) bond motifs is 1. The number of ether oxygens (including phenoxy) is 1. The number of carbonyl (C=O) groups is 2. The van der Waals surface area contributed by atoms with Gasteiger partial charge in [0.05, 0.1) is 0 Å². The van der Waals surface area contributed by atoms with Crippen LogP contribution in [-0.2, 0) is 22.6 Å². The summed E-state index contributed by atoms with van der Waals surface area (Å²) in [5, 5.41) is 0. The molecule has 6 heteroatoms. The van der Waals surface area contributed by atoms with Gasteiger partial charge in [0.1, 0.15) is 5.60 Å². The maximum absolute atomic E-state index is 12.9. The second-order valence-electron chi connectivity index (χ2n) is 7.81. The highest BCUT2D eigenvalue weighted by molar-refractivity contribution is 9.10. The Labute approximate surface area is 157 Å². The molecule has 0 aromatic heterocycles. The highest BCUT2D eigenvalue weighted by atomic mass is 79.9. The standard InChI is InChI=1S/C19H25BrN2O3/c1-19(2,3)25-18(24)21-9-7-13(8-10-21)17(23)22-11-14-5-4-6-16(20)15(14)12-22/h4-6,13H,7-12H2,1-3H3. The van der Waals surface area contributed by atoms with Crippen molar-refractivity contribution in [1.82, 2.24) is 9.80 Å². The highest BCUT2D eigenvalue weighted by Crippen LogP contribution is 2.31. The molecule has 0 radical (unpaired) electrons. The minimum absolute atomic E-state index is 0.00762. The largest absolute Gasteiger partial charge is 0.444 e. The van der Waals surface area contributed by atoms with Gasteiger partial charge in [-0.3, -0.25) is 4.79 Å². The summed E-state index contributed by atoms with van der Waals surface area (Å²) in [5.74, 6) is 0.193. The Morgan fingerprint density at radius 2 is 1.80 bits per heavy atom. The number of hydrogen-bond acceptors (Lipinski definition) is 3. The van der Waals surface area contributed by atoms with Crippen molar-refractivity contribution in [2.45, 2.75) is 52.3 Å². The lowest BCUT2D eigenvalue weighted by Crippen LogP contribution is -2.45. The molecular formula is C19H25BrN2O3. The molecule has 2 amide bonds. The van der Waals surface area contributed by atoms with E-state index in [-0.39, 0.29) is 17.9 Å². The molecule has 0 bridgehead atoms. The van der Waals surface area contributed by atoms with Crippen LogP contribution in [0, 0.1) is 5.92 Å². The number of amides is 2. The fraction of sp³-hybridized carbons (Fsp3) is 0.579. The zero-order chi connectivity index (χ0) is 18.2. The van der Waals surface area contributed by atoms with Crippen LogP contribution < -0.4 is 0 Å². The summed E-state index contributed by atoms with van der Waals surface area (Å²) in [5.41, 5.74) is 1.94. The summed E-state index contributed by atoms with van der Waals surface area (Å²) >= 11 is 3.57. The van der Waals surface area contributed by atoms with Crippen molar-refractivity contribution >= 4 is 27.9 Å². The van der Waals surface area contributed by atoms with Crippen molar-refractivity contribution in [2.75, 3.05) is 13.1 Å². The van der Waals surface area contributed by atoms with Gasteiger partial charge in [0, 0.05) is 36.6 Å². The Balaban J connectivity index is 1.55. The summed E-state index contributed by atoms with van der Waals surface area (Å²) in [6.45, 7) is 8.10. The summed E-state index contributed by atoms with van der Waals surface area (Å²) in [4.78, 5) is 28.6. The van der Waals surface area contributed by atoms with E-state index in [2.05, 4.69) is 22.0 Å². The van der Waals surface area contributed by atoms with E-state index in [0.717, 1.165) is 4.47 Å². The number of nitrogens with zero attached hydrogens (tertiary/aromatic N) is 2. The number of piperidine rings is 1. The van der Waals surface area contributed by atoms with Crippen molar-refractivity contribution in [1.29, 1.82) is 0 Å². The van der Waals surface area contributed by atoms with Gasteiger partial charge in [-0.1, -0.05) is 28.1 Å². The molecule has 25 heavy (non-hydrogen) atoms. The molecule has 136 valence electrons. The Kier molecular flexibility index (Phi) is 5.09. The molecule has 0 unspecified atom stereocenters. The first kappa shape index (κ1) is 18.2. The summed E-state index contributed by atoms with van der Waals surface area (Å²) < 4.78 is 6.48. The lowest BCUT2D eigenvalue weighted by molar-refractivity contribution is -0.137. The maximum atomic E-state index is 12.9. The first-order valence-corrected chi connectivity index (χ1v) is 9.57. The van der Waals surface area contributed by atoms with Crippen LogP contribution in [0.5, 0.6) is 0 Å². The Bertz CT molecular complexity index is 676. The lowest BCUT2D eigenvalue weighted by atomic mass is 9.95. The Morgan fingerprint density at radius 1 is 1.12 bits per heavy atom. The molecular weight excluding hydrogens is 384 g/mol. The average molecular weight is 409 g/mol. The molecule has 1 saturated heterocycles. The SMILES string of the molecule is CC(C)(C)OC(=O)N1CCC(C(=O)N2Cc3cccc(Br)c3C2)CC1. The Hall–Kier alpha value is -1.56. The van der Waals surface area contributed by atoms with Crippen molar-refractivity contribution in [3.05, 3.63) is 33.8 Å². The van der Waals surface area contributed by atoms with Crippen LogP contribution in [0.1, 0.15) is 44.7 Å². The van der Waals surface area contributed by atoms with Gasteiger partial charge in [-0.05, 0) is 50.8 Å². The minimum atomic E-state index is -0.488. The molecule has 2 heterocycles. The predicted octanol–water partition coefficient (Wildman–Crippen LogP) is 3.94. The zero-order valence-electron chi connectivity index (χ0n) is 15.0. The van der Waals surface area contributed by atoms with Gasteiger partial charge >= 0.3 is 6.09 Å². The number of benzene rings is 1. The third kappa shape index (κ3) is 4.17. The summed E-state index contributed by atoms with van der Waals surface area (Å²) in [7, 11) is 0. The monoisotopic (exact) mass is 408 g/mol. The quantitative estimate of drug-likeness (QED) is 0.706. The van der Waals surface area contributed by atoms with Crippen LogP contribution in [0.3, 0.4) is 0 Å². The molecule has 1 aromatic carbocycles. The van der Waals surface area contributed by atoms with Gasteiger partial charge in [-0.15, -0.1) is 0 Å². The van der Waals surface area contributed by atoms with Crippen molar-refractivity contribution in [2.24, 2.45) is 5.92 Å². The van der Waals surface area contributed by atoms with Gasteiger partial charge in [0.15, 0.2) is 0 Å². The van der Waals surface area contributed by atoms with Crippen LogP contribution in [-0.4, -0.2) is 40.5 Å². The number of halogens is 1. The molecule has 1 aromatic rings. The number of rotatable bonds is 1. The molecule has 0 N–H and O–H groups in total. The van der Waals surface area contributed by atoms with Gasteiger partial charge < -0.3 is 14.5 Å². The van der Waals surface area contributed by atoms with Crippen LogP contribution in [0.2, 0.25) is 0 Å². The van der Waals surface area contributed by atoms with Crippen molar-refractivity contribution in [3.8, 4) is 0 Å². The molecule has 0 saturated carbocycles. The topological polar surface area (TPSA) is 49.9 Å². The second-order valence-corrected chi connectivity index (χ2v) is 8.67. The third-order valence-electron chi connectivity index (χ3n) is 4.73. The van der Waals surface area contributed by atoms with E-state index in [0.29, 0.717) is 39.0 Å².